The molecule has 1 aliphatic heterocycles. The third-order valence-corrected chi connectivity index (χ3v) is 6.04. The number of aromatic amines is 2. The maximum Gasteiger partial charge on any atom is 0.259 e. The Morgan fingerprint density at radius 2 is 1.94 bits per heavy atom. The van der Waals surface area contributed by atoms with Crippen molar-refractivity contribution in [1.82, 2.24) is 20.2 Å². The van der Waals surface area contributed by atoms with E-state index in [9.17, 15) is 9.18 Å². The summed E-state index contributed by atoms with van der Waals surface area (Å²) in [5, 5.41) is 15.3. The average Bonchev–Trinajstić information content (AvgIpc) is 3.43. The standard InChI is InChI=1S/C22H26FN7O2S/c1-14-3-8-18(25-11-10-24-14)30-12-9-17(13-30)26-21-28-29-22(33-21)27-20(31)19(32-2)15-4-6-16(23)7-5-15/h3-8,10-11,17,19,24-25H,9,12-13H2,1-2H3,(H,26,28)(H,27,29,31). The third-order valence-electron chi connectivity index (χ3n) is 5.28. The van der Waals surface area contributed by atoms with Gasteiger partial charge in [-0.1, -0.05) is 23.5 Å². The Kier molecular flexibility index (Phi) is 7.20. The Hall–Kier alpha value is -3.44. The van der Waals surface area contributed by atoms with E-state index in [-0.39, 0.29) is 11.9 Å². The Labute approximate surface area is 194 Å². The molecule has 1 amide bonds. The summed E-state index contributed by atoms with van der Waals surface area (Å²) < 4.78 is 18.5. The van der Waals surface area contributed by atoms with E-state index in [1.807, 2.05) is 25.4 Å². The quantitative estimate of drug-likeness (QED) is 0.417. The number of aryl methyl sites for hydroxylation is 1. The number of nitrogens with zero attached hydrogens (tertiary/aromatic N) is 3. The molecule has 3 aromatic rings. The Morgan fingerprint density at radius 3 is 2.73 bits per heavy atom. The van der Waals surface area contributed by atoms with Gasteiger partial charge in [-0.2, -0.15) is 0 Å². The molecule has 0 spiro atoms. The number of hydrogen-bond acceptors (Lipinski definition) is 7. The molecule has 4 rings (SSSR count). The van der Waals surface area contributed by atoms with Crippen molar-refractivity contribution >= 4 is 33.3 Å². The van der Waals surface area contributed by atoms with Crippen LogP contribution in [0.2, 0.25) is 0 Å². The normalized spacial score (nSPS) is 16.3. The second-order valence-corrected chi connectivity index (χ2v) is 8.65. The van der Waals surface area contributed by atoms with Crippen molar-refractivity contribution < 1.29 is 13.9 Å². The van der Waals surface area contributed by atoms with Gasteiger partial charge in [-0.25, -0.2) is 4.39 Å². The lowest BCUT2D eigenvalue weighted by molar-refractivity contribution is -0.126. The van der Waals surface area contributed by atoms with Crippen molar-refractivity contribution in [3.63, 3.8) is 0 Å². The predicted octanol–water partition coefficient (Wildman–Crippen LogP) is 3.78. The highest BCUT2D eigenvalue weighted by Gasteiger charge is 2.25. The molecule has 174 valence electrons. The molecule has 2 atom stereocenters. The van der Waals surface area contributed by atoms with Crippen molar-refractivity contribution in [2.24, 2.45) is 0 Å². The van der Waals surface area contributed by atoms with Crippen molar-refractivity contribution in [2.45, 2.75) is 25.5 Å². The van der Waals surface area contributed by atoms with E-state index >= 15 is 0 Å². The fourth-order valence-electron chi connectivity index (χ4n) is 3.60. The number of aromatic nitrogens is 4. The van der Waals surface area contributed by atoms with Gasteiger partial charge < -0.3 is 24.9 Å². The summed E-state index contributed by atoms with van der Waals surface area (Å²) in [6.45, 7) is 3.73. The number of halogens is 1. The number of benzene rings is 1. The molecule has 0 bridgehead atoms. The van der Waals surface area contributed by atoms with Gasteiger partial charge in [0, 0.05) is 44.3 Å². The molecule has 1 saturated heterocycles. The number of ether oxygens (including phenoxy) is 1. The SMILES string of the molecule is COC(C(=O)Nc1nnc(NC2CCN(c3ccc(C)[nH]cc[nH]3)C2)s1)c1ccc(F)cc1. The highest BCUT2D eigenvalue weighted by atomic mass is 32.1. The van der Waals surface area contributed by atoms with E-state index in [1.165, 1.54) is 42.7 Å². The fraction of sp³-hybridized carbons (Fsp3) is 0.318. The van der Waals surface area contributed by atoms with E-state index in [4.69, 9.17) is 4.74 Å². The number of nitrogens with one attached hydrogen (secondary N) is 4. The molecule has 33 heavy (non-hydrogen) atoms. The minimum Gasteiger partial charge on any atom is -0.367 e. The molecular formula is C22H26FN7O2S. The van der Waals surface area contributed by atoms with Crippen LogP contribution in [0.25, 0.3) is 0 Å². The van der Waals surface area contributed by atoms with Crippen LogP contribution in [0.4, 0.5) is 20.5 Å². The topological polar surface area (TPSA) is 111 Å². The summed E-state index contributed by atoms with van der Waals surface area (Å²) in [6, 6.07) is 9.91. The molecule has 0 aliphatic carbocycles. The molecule has 1 fully saturated rings. The van der Waals surface area contributed by atoms with Crippen molar-refractivity contribution in [2.75, 3.05) is 35.7 Å². The number of H-pyrrole nitrogens is 2. The third kappa shape index (κ3) is 5.88. The lowest BCUT2D eigenvalue weighted by Gasteiger charge is -2.18. The van der Waals surface area contributed by atoms with E-state index in [0.717, 1.165) is 31.0 Å². The first-order chi connectivity index (χ1) is 16.0. The molecule has 1 aliphatic rings. The van der Waals surface area contributed by atoms with Gasteiger partial charge in [-0.3, -0.25) is 10.1 Å². The monoisotopic (exact) mass is 471 g/mol. The number of hydrogen-bond donors (Lipinski definition) is 4. The first-order valence-electron chi connectivity index (χ1n) is 10.5. The Balaban J connectivity index is 1.35. The largest absolute Gasteiger partial charge is 0.367 e. The molecule has 0 radical (unpaired) electrons. The maximum atomic E-state index is 13.2. The highest BCUT2D eigenvalue weighted by molar-refractivity contribution is 7.19. The van der Waals surface area contributed by atoms with Crippen LogP contribution in [-0.4, -0.2) is 52.3 Å². The van der Waals surface area contributed by atoms with Crippen LogP contribution in [0.1, 0.15) is 23.8 Å². The van der Waals surface area contributed by atoms with E-state index in [1.54, 1.807) is 0 Å². The summed E-state index contributed by atoms with van der Waals surface area (Å²) in [6.07, 6.45) is 3.82. The summed E-state index contributed by atoms with van der Waals surface area (Å²) in [5.41, 5.74) is 1.62. The second-order valence-electron chi connectivity index (χ2n) is 7.67. The van der Waals surface area contributed by atoms with Crippen molar-refractivity contribution in [3.05, 3.63) is 65.9 Å². The molecular weight excluding hydrogens is 445 g/mol. The van der Waals surface area contributed by atoms with Gasteiger partial charge in [0.15, 0.2) is 6.10 Å². The molecule has 1 aromatic carbocycles. The molecule has 11 heteroatoms. The first kappa shape index (κ1) is 22.7. The van der Waals surface area contributed by atoms with Crippen LogP contribution in [0.5, 0.6) is 0 Å². The minimum absolute atomic E-state index is 0.202. The van der Waals surface area contributed by atoms with E-state index in [0.29, 0.717) is 15.8 Å². The van der Waals surface area contributed by atoms with E-state index in [2.05, 4.69) is 41.8 Å². The molecule has 2 unspecified atom stereocenters. The van der Waals surface area contributed by atoms with Gasteiger partial charge in [-0.15, -0.1) is 10.2 Å². The molecule has 0 saturated carbocycles. The van der Waals surface area contributed by atoms with Crippen molar-refractivity contribution in [1.29, 1.82) is 0 Å². The zero-order valence-electron chi connectivity index (χ0n) is 18.3. The number of anilines is 3. The number of carbonyl (C=O) groups excluding carboxylic acids is 1. The zero-order valence-corrected chi connectivity index (χ0v) is 19.2. The Morgan fingerprint density at radius 1 is 1.18 bits per heavy atom. The summed E-state index contributed by atoms with van der Waals surface area (Å²) in [5.74, 6) is 0.265. The Bertz CT molecular complexity index is 1130. The lowest BCUT2D eigenvalue weighted by Crippen LogP contribution is -2.26. The molecule has 9 nitrogen and oxygen atoms in total. The van der Waals surface area contributed by atoms with Crippen LogP contribution in [0.15, 0.2) is 48.8 Å². The van der Waals surface area contributed by atoms with Crippen LogP contribution in [0.3, 0.4) is 0 Å². The van der Waals surface area contributed by atoms with Gasteiger partial charge in [-0.05, 0) is 43.2 Å². The summed E-state index contributed by atoms with van der Waals surface area (Å²) >= 11 is 1.26. The minimum atomic E-state index is -0.874. The smallest absolute Gasteiger partial charge is 0.259 e. The predicted molar refractivity (Wildman–Crippen MR) is 126 cm³/mol. The van der Waals surface area contributed by atoms with Crippen LogP contribution < -0.4 is 15.5 Å². The average molecular weight is 472 g/mol. The number of rotatable bonds is 7. The first-order valence-corrected chi connectivity index (χ1v) is 11.3. The van der Waals surface area contributed by atoms with E-state index < -0.39 is 12.0 Å². The van der Waals surface area contributed by atoms with Crippen LogP contribution in [0, 0.1) is 12.7 Å². The lowest BCUT2D eigenvalue weighted by atomic mass is 10.1. The van der Waals surface area contributed by atoms with Crippen LogP contribution >= 0.6 is 11.3 Å². The number of carbonyl (C=O) groups is 1. The summed E-state index contributed by atoms with van der Waals surface area (Å²) in [4.78, 5) is 21.3. The zero-order chi connectivity index (χ0) is 23.2. The van der Waals surface area contributed by atoms with Crippen LogP contribution in [-0.2, 0) is 9.53 Å². The van der Waals surface area contributed by atoms with Gasteiger partial charge in [0.2, 0.25) is 10.3 Å². The molecule has 4 N–H and O–H groups in total. The van der Waals surface area contributed by atoms with Gasteiger partial charge in [0.1, 0.15) is 11.6 Å². The fourth-order valence-corrected chi connectivity index (χ4v) is 4.33. The van der Waals surface area contributed by atoms with Crippen molar-refractivity contribution in [3.8, 4) is 0 Å². The van der Waals surface area contributed by atoms with Gasteiger partial charge in [0.05, 0.1) is 0 Å². The van der Waals surface area contributed by atoms with Gasteiger partial charge >= 0.3 is 0 Å². The van der Waals surface area contributed by atoms with Gasteiger partial charge in [0.25, 0.3) is 5.91 Å². The summed E-state index contributed by atoms with van der Waals surface area (Å²) in [7, 11) is 1.43. The molecule has 3 heterocycles. The maximum absolute atomic E-state index is 13.2. The number of amides is 1. The highest BCUT2D eigenvalue weighted by Crippen LogP contribution is 2.26. The second kappa shape index (κ2) is 10.5. The number of methoxy groups -OCH3 is 1. The molecule has 2 aromatic heterocycles.